The van der Waals surface area contributed by atoms with Crippen molar-refractivity contribution in [2.24, 2.45) is 0 Å². The predicted molar refractivity (Wildman–Crippen MR) is 58.5 cm³/mol. The van der Waals surface area contributed by atoms with Crippen LogP contribution in [0.25, 0.3) is 0 Å². The first-order valence-corrected chi connectivity index (χ1v) is 5.35. The maximum Gasteiger partial charge on any atom is 0.0436 e. The van der Waals surface area contributed by atoms with Gasteiger partial charge in [0.15, 0.2) is 0 Å². The van der Waals surface area contributed by atoms with E-state index in [9.17, 15) is 0 Å². The summed E-state index contributed by atoms with van der Waals surface area (Å²) < 4.78 is 0. The number of hydrogen-bond donors (Lipinski definition) is 1. The minimum atomic E-state index is 0.288. The Morgan fingerprint density at radius 1 is 1.36 bits per heavy atom. The zero-order chi connectivity index (χ0) is 10.2. The summed E-state index contributed by atoms with van der Waals surface area (Å²) in [6.45, 7) is 4.89. The Morgan fingerprint density at radius 3 is 2.79 bits per heavy atom. The van der Waals surface area contributed by atoms with Crippen molar-refractivity contribution in [1.29, 1.82) is 0 Å². The lowest BCUT2D eigenvalue weighted by Gasteiger charge is -2.19. The van der Waals surface area contributed by atoms with Crippen LogP contribution in [0.1, 0.15) is 43.7 Å². The molecule has 1 aliphatic rings. The van der Waals surface area contributed by atoms with E-state index in [0.717, 1.165) is 6.42 Å². The van der Waals surface area contributed by atoms with E-state index in [2.05, 4.69) is 38.1 Å². The van der Waals surface area contributed by atoms with E-state index in [0.29, 0.717) is 12.5 Å². The normalized spacial score (nSPS) is 23.5. The van der Waals surface area contributed by atoms with Gasteiger partial charge in [-0.05, 0) is 35.3 Å². The van der Waals surface area contributed by atoms with E-state index >= 15 is 0 Å². The van der Waals surface area contributed by atoms with Gasteiger partial charge in [-0.3, -0.25) is 0 Å². The molecule has 0 bridgehead atoms. The fourth-order valence-corrected chi connectivity index (χ4v) is 2.72. The standard InChI is InChI=1S/C13H18O/c1-13(2)9-10(7-8-14)11-5-3-4-6-12(11)13/h3-6,10,14H,7-9H2,1-2H3. The summed E-state index contributed by atoms with van der Waals surface area (Å²) >= 11 is 0. The molecule has 0 saturated heterocycles. The van der Waals surface area contributed by atoms with Crippen LogP contribution < -0.4 is 0 Å². The van der Waals surface area contributed by atoms with Gasteiger partial charge in [-0.15, -0.1) is 0 Å². The predicted octanol–water partition coefficient (Wildman–Crippen LogP) is 2.83. The average Bonchev–Trinajstić information content (AvgIpc) is 2.41. The third kappa shape index (κ3) is 1.46. The molecule has 1 N–H and O–H groups in total. The van der Waals surface area contributed by atoms with E-state index in [-0.39, 0.29) is 5.41 Å². The monoisotopic (exact) mass is 190 g/mol. The van der Waals surface area contributed by atoms with Gasteiger partial charge in [0.25, 0.3) is 0 Å². The lowest BCUT2D eigenvalue weighted by Crippen LogP contribution is -2.12. The number of aliphatic hydroxyl groups is 1. The van der Waals surface area contributed by atoms with Crippen LogP contribution in [0.3, 0.4) is 0 Å². The van der Waals surface area contributed by atoms with E-state index in [1.54, 1.807) is 0 Å². The fraction of sp³-hybridized carbons (Fsp3) is 0.538. The molecule has 1 aliphatic carbocycles. The molecule has 14 heavy (non-hydrogen) atoms. The largest absolute Gasteiger partial charge is 0.396 e. The average molecular weight is 190 g/mol. The molecule has 1 heteroatoms. The second-order valence-electron chi connectivity index (χ2n) is 4.88. The Bertz CT molecular complexity index is 328. The minimum Gasteiger partial charge on any atom is -0.396 e. The number of benzene rings is 1. The molecule has 0 fully saturated rings. The second kappa shape index (κ2) is 3.39. The molecule has 2 rings (SSSR count). The molecule has 0 aliphatic heterocycles. The third-order valence-corrected chi connectivity index (χ3v) is 3.36. The first-order valence-electron chi connectivity index (χ1n) is 5.35. The van der Waals surface area contributed by atoms with Crippen molar-refractivity contribution < 1.29 is 5.11 Å². The van der Waals surface area contributed by atoms with Crippen molar-refractivity contribution in [2.75, 3.05) is 6.61 Å². The Labute approximate surface area is 85.8 Å². The van der Waals surface area contributed by atoms with Gasteiger partial charge in [-0.25, -0.2) is 0 Å². The highest BCUT2D eigenvalue weighted by molar-refractivity contribution is 5.41. The Balaban J connectivity index is 2.39. The van der Waals surface area contributed by atoms with Crippen molar-refractivity contribution in [2.45, 2.75) is 38.0 Å². The molecule has 0 aromatic heterocycles. The molecule has 0 amide bonds. The molecule has 1 atom stereocenters. The highest BCUT2D eigenvalue weighted by Crippen LogP contribution is 2.46. The van der Waals surface area contributed by atoms with Crippen molar-refractivity contribution in [3.63, 3.8) is 0 Å². The van der Waals surface area contributed by atoms with Crippen molar-refractivity contribution in [3.8, 4) is 0 Å². The van der Waals surface area contributed by atoms with Gasteiger partial charge in [0.1, 0.15) is 0 Å². The van der Waals surface area contributed by atoms with Gasteiger partial charge < -0.3 is 5.11 Å². The minimum absolute atomic E-state index is 0.288. The zero-order valence-corrected chi connectivity index (χ0v) is 8.96. The molecular weight excluding hydrogens is 172 g/mol. The van der Waals surface area contributed by atoms with Gasteiger partial charge in [-0.2, -0.15) is 0 Å². The van der Waals surface area contributed by atoms with Crippen LogP contribution >= 0.6 is 0 Å². The van der Waals surface area contributed by atoms with Crippen LogP contribution in [-0.4, -0.2) is 11.7 Å². The van der Waals surface area contributed by atoms with E-state index in [4.69, 9.17) is 5.11 Å². The lowest BCUT2D eigenvalue weighted by molar-refractivity contribution is 0.270. The van der Waals surface area contributed by atoms with Gasteiger partial charge in [0.2, 0.25) is 0 Å². The Kier molecular flexibility index (Phi) is 2.36. The summed E-state index contributed by atoms with van der Waals surface area (Å²) in [5, 5.41) is 9.02. The maximum atomic E-state index is 9.02. The third-order valence-electron chi connectivity index (χ3n) is 3.36. The number of aliphatic hydroxyl groups excluding tert-OH is 1. The molecule has 1 nitrogen and oxygen atoms in total. The van der Waals surface area contributed by atoms with Crippen molar-refractivity contribution >= 4 is 0 Å². The van der Waals surface area contributed by atoms with E-state index in [1.165, 1.54) is 17.5 Å². The SMILES string of the molecule is CC1(C)CC(CCO)c2ccccc21. The van der Waals surface area contributed by atoms with Crippen LogP contribution in [-0.2, 0) is 5.41 Å². The number of rotatable bonds is 2. The van der Waals surface area contributed by atoms with Crippen molar-refractivity contribution in [1.82, 2.24) is 0 Å². The highest BCUT2D eigenvalue weighted by atomic mass is 16.3. The van der Waals surface area contributed by atoms with Gasteiger partial charge in [0, 0.05) is 6.61 Å². The molecule has 0 radical (unpaired) electrons. The molecule has 76 valence electrons. The maximum absolute atomic E-state index is 9.02. The van der Waals surface area contributed by atoms with Crippen LogP contribution in [0.15, 0.2) is 24.3 Å². The summed E-state index contributed by atoms with van der Waals surface area (Å²) in [6, 6.07) is 8.66. The summed E-state index contributed by atoms with van der Waals surface area (Å²) in [5.41, 5.74) is 3.21. The molecule has 1 aromatic carbocycles. The van der Waals surface area contributed by atoms with Crippen molar-refractivity contribution in [3.05, 3.63) is 35.4 Å². The molecule has 1 unspecified atom stereocenters. The molecule has 0 spiro atoms. The molecule has 1 aromatic rings. The van der Waals surface area contributed by atoms with Crippen LogP contribution in [0.2, 0.25) is 0 Å². The number of hydrogen-bond acceptors (Lipinski definition) is 1. The topological polar surface area (TPSA) is 20.2 Å². The summed E-state index contributed by atoms with van der Waals surface area (Å²) in [6.07, 6.45) is 2.08. The Hall–Kier alpha value is -0.820. The second-order valence-corrected chi connectivity index (χ2v) is 4.88. The summed E-state index contributed by atoms with van der Waals surface area (Å²) in [7, 11) is 0. The van der Waals surface area contributed by atoms with E-state index in [1.807, 2.05) is 0 Å². The number of fused-ring (bicyclic) bond motifs is 1. The Morgan fingerprint density at radius 2 is 2.07 bits per heavy atom. The van der Waals surface area contributed by atoms with Crippen LogP contribution in [0.4, 0.5) is 0 Å². The zero-order valence-electron chi connectivity index (χ0n) is 8.96. The molecule has 0 heterocycles. The quantitative estimate of drug-likeness (QED) is 0.760. The van der Waals surface area contributed by atoms with Gasteiger partial charge >= 0.3 is 0 Å². The summed E-state index contributed by atoms with van der Waals surface area (Å²) in [4.78, 5) is 0. The van der Waals surface area contributed by atoms with Crippen LogP contribution in [0, 0.1) is 0 Å². The van der Waals surface area contributed by atoms with Gasteiger partial charge in [0.05, 0.1) is 0 Å². The van der Waals surface area contributed by atoms with Crippen LogP contribution in [0.5, 0.6) is 0 Å². The molecule has 0 saturated carbocycles. The first kappa shape index (κ1) is 9.72. The molecular formula is C13H18O. The van der Waals surface area contributed by atoms with E-state index < -0.39 is 0 Å². The van der Waals surface area contributed by atoms with Gasteiger partial charge in [-0.1, -0.05) is 38.1 Å². The fourth-order valence-electron chi connectivity index (χ4n) is 2.72. The first-order chi connectivity index (χ1) is 6.65. The lowest BCUT2D eigenvalue weighted by atomic mass is 9.86. The smallest absolute Gasteiger partial charge is 0.0436 e. The highest BCUT2D eigenvalue weighted by Gasteiger charge is 2.35. The summed E-state index contributed by atoms with van der Waals surface area (Å²) in [5.74, 6) is 0.561.